The van der Waals surface area contributed by atoms with E-state index < -0.39 is 11.9 Å². The molecule has 0 unspecified atom stereocenters. The van der Waals surface area contributed by atoms with E-state index in [1.165, 1.54) is 24.7 Å². The maximum absolute atomic E-state index is 13.8. The van der Waals surface area contributed by atoms with Crippen molar-refractivity contribution < 1.29 is 23.5 Å². The van der Waals surface area contributed by atoms with Gasteiger partial charge in [0, 0.05) is 17.8 Å². The van der Waals surface area contributed by atoms with Crippen molar-refractivity contribution >= 4 is 17.5 Å². The van der Waals surface area contributed by atoms with Crippen LogP contribution in [0.3, 0.4) is 0 Å². The number of furan rings is 1. The standard InChI is InChI=1S/C27H30N2O5/c1-32-22-16-15-21(18-24(22)33-2)29(27(31)23-14-9-17-34-23)25(19-10-5-3-6-11-19)26(30)28-20-12-7-4-8-13-20/h3,5-6,9-11,14-18,20,25H,4,7-8,12-13H2,1-2H3,(H,28,30)/t25-/m1/s1. The van der Waals surface area contributed by atoms with Crippen LogP contribution in [0.5, 0.6) is 11.5 Å². The van der Waals surface area contributed by atoms with E-state index in [0.717, 1.165) is 25.7 Å². The smallest absolute Gasteiger partial charge is 0.294 e. The van der Waals surface area contributed by atoms with E-state index in [4.69, 9.17) is 13.9 Å². The van der Waals surface area contributed by atoms with Crippen LogP contribution in [-0.2, 0) is 4.79 Å². The van der Waals surface area contributed by atoms with Crippen molar-refractivity contribution in [1.29, 1.82) is 0 Å². The molecule has 1 atom stereocenters. The summed E-state index contributed by atoms with van der Waals surface area (Å²) in [6.07, 6.45) is 6.69. The molecule has 0 radical (unpaired) electrons. The normalized spacial score (nSPS) is 14.8. The number of methoxy groups -OCH3 is 2. The Balaban J connectivity index is 1.80. The first-order valence-corrected chi connectivity index (χ1v) is 11.6. The summed E-state index contributed by atoms with van der Waals surface area (Å²) in [6.45, 7) is 0. The van der Waals surface area contributed by atoms with Crippen LogP contribution < -0.4 is 19.7 Å². The minimum Gasteiger partial charge on any atom is -0.493 e. The van der Waals surface area contributed by atoms with E-state index in [9.17, 15) is 9.59 Å². The van der Waals surface area contributed by atoms with Crippen LogP contribution >= 0.6 is 0 Å². The number of anilines is 1. The molecule has 0 saturated heterocycles. The molecule has 4 rings (SSSR count). The number of ether oxygens (including phenoxy) is 2. The second-order valence-corrected chi connectivity index (χ2v) is 8.35. The van der Waals surface area contributed by atoms with E-state index in [-0.39, 0.29) is 17.7 Å². The van der Waals surface area contributed by atoms with Gasteiger partial charge in [0.1, 0.15) is 6.04 Å². The van der Waals surface area contributed by atoms with E-state index >= 15 is 0 Å². The van der Waals surface area contributed by atoms with Crippen molar-refractivity contribution in [3.63, 3.8) is 0 Å². The zero-order valence-electron chi connectivity index (χ0n) is 19.5. The molecule has 2 aromatic carbocycles. The van der Waals surface area contributed by atoms with Gasteiger partial charge in [0.25, 0.3) is 5.91 Å². The summed E-state index contributed by atoms with van der Waals surface area (Å²) < 4.78 is 16.3. The molecule has 1 saturated carbocycles. The van der Waals surface area contributed by atoms with Gasteiger partial charge in [0.15, 0.2) is 17.3 Å². The zero-order chi connectivity index (χ0) is 23.9. The molecule has 3 aromatic rings. The molecule has 34 heavy (non-hydrogen) atoms. The molecular formula is C27H30N2O5. The van der Waals surface area contributed by atoms with Gasteiger partial charge in [0.2, 0.25) is 5.91 Å². The Kier molecular flexibility index (Phi) is 7.52. The summed E-state index contributed by atoms with van der Waals surface area (Å²) in [6, 6.07) is 16.9. The average molecular weight is 463 g/mol. The third kappa shape index (κ3) is 5.09. The molecule has 0 aliphatic heterocycles. The highest BCUT2D eigenvalue weighted by Crippen LogP contribution is 2.36. The lowest BCUT2D eigenvalue weighted by Gasteiger charge is -2.33. The second-order valence-electron chi connectivity index (χ2n) is 8.35. The first-order valence-electron chi connectivity index (χ1n) is 11.6. The molecule has 0 spiro atoms. The van der Waals surface area contributed by atoms with Gasteiger partial charge in [-0.1, -0.05) is 49.6 Å². The van der Waals surface area contributed by atoms with E-state index in [1.807, 2.05) is 30.3 Å². The molecule has 1 N–H and O–H groups in total. The summed E-state index contributed by atoms with van der Waals surface area (Å²) in [5.41, 5.74) is 1.19. The molecule has 1 aromatic heterocycles. The lowest BCUT2D eigenvalue weighted by molar-refractivity contribution is -0.123. The SMILES string of the molecule is COc1ccc(N(C(=O)c2ccco2)[C@@H](C(=O)NC2CCCCC2)c2ccccc2)cc1OC. The molecule has 1 aliphatic rings. The van der Waals surface area contributed by atoms with Gasteiger partial charge in [-0.15, -0.1) is 0 Å². The predicted octanol–water partition coefficient (Wildman–Crippen LogP) is 5.13. The Bertz CT molecular complexity index is 1090. The molecule has 178 valence electrons. The summed E-state index contributed by atoms with van der Waals surface area (Å²) in [5, 5.41) is 3.20. The van der Waals surface area contributed by atoms with Crippen LogP contribution in [-0.4, -0.2) is 32.1 Å². The lowest BCUT2D eigenvalue weighted by Crippen LogP contribution is -2.47. The second kappa shape index (κ2) is 10.9. The fourth-order valence-corrected chi connectivity index (χ4v) is 4.46. The summed E-state index contributed by atoms with van der Waals surface area (Å²) in [4.78, 5) is 29.0. The predicted molar refractivity (Wildman–Crippen MR) is 129 cm³/mol. The molecule has 0 bridgehead atoms. The number of nitrogens with zero attached hydrogens (tertiary/aromatic N) is 1. The van der Waals surface area contributed by atoms with Crippen LogP contribution in [0.15, 0.2) is 71.3 Å². The third-order valence-electron chi connectivity index (χ3n) is 6.17. The summed E-state index contributed by atoms with van der Waals surface area (Å²) in [5.74, 6) is 0.468. The van der Waals surface area contributed by atoms with Gasteiger partial charge in [-0.2, -0.15) is 0 Å². The topological polar surface area (TPSA) is 81.0 Å². The number of benzene rings is 2. The van der Waals surface area contributed by atoms with Crippen LogP contribution in [0.2, 0.25) is 0 Å². The Hall–Kier alpha value is -3.74. The largest absolute Gasteiger partial charge is 0.493 e. The number of amides is 2. The minimum atomic E-state index is -0.904. The third-order valence-corrected chi connectivity index (χ3v) is 6.17. The number of hydrogen-bond donors (Lipinski definition) is 1. The first kappa shape index (κ1) is 23.4. The molecule has 1 heterocycles. The fourth-order valence-electron chi connectivity index (χ4n) is 4.46. The Labute approximate surface area is 199 Å². The molecule has 1 aliphatic carbocycles. The summed E-state index contributed by atoms with van der Waals surface area (Å²) in [7, 11) is 3.08. The van der Waals surface area contributed by atoms with E-state index in [2.05, 4.69) is 5.32 Å². The summed E-state index contributed by atoms with van der Waals surface area (Å²) >= 11 is 0. The van der Waals surface area contributed by atoms with E-state index in [0.29, 0.717) is 22.7 Å². The molecule has 7 nitrogen and oxygen atoms in total. The van der Waals surface area contributed by atoms with Gasteiger partial charge in [-0.25, -0.2) is 0 Å². The Morgan fingerprint density at radius 3 is 2.32 bits per heavy atom. The Morgan fingerprint density at radius 1 is 0.941 bits per heavy atom. The number of carbonyl (C=O) groups is 2. The van der Waals surface area contributed by atoms with Crippen molar-refractivity contribution in [1.82, 2.24) is 5.32 Å². The first-order chi connectivity index (χ1) is 16.6. The molecule has 7 heteroatoms. The maximum atomic E-state index is 13.8. The molecule has 2 amide bonds. The number of nitrogens with one attached hydrogen (secondary N) is 1. The van der Waals surface area contributed by atoms with Crippen molar-refractivity contribution in [2.45, 2.75) is 44.2 Å². The molecule has 1 fully saturated rings. The van der Waals surface area contributed by atoms with Gasteiger partial charge < -0.3 is 19.2 Å². The Morgan fingerprint density at radius 2 is 1.68 bits per heavy atom. The average Bonchev–Trinajstić information content (AvgIpc) is 3.42. The van der Waals surface area contributed by atoms with E-state index in [1.54, 1.807) is 37.4 Å². The highest BCUT2D eigenvalue weighted by atomic mass is 16.5. The number of hydrogen-bond acceptors (Lipinski definition) is 5. The molecular weight excluding hydrogens is 432 g/mol. The quantitative estimate of drug-likeness (QED) is 0.502. The van der Waals surface area contributed by atoms with Gasteiger partial charge in [0.05, 0.1) is 20.5 Å². The van der Waals surface area contributed by atoms with Gasteiger partial charge in [-0.05, 0) is 42.7 Å². The van der Waals surface area contributed by atoms with Crippen molar-refractivity contribution in [2.75, 3.05) is 19.1 Å². The number of carbonyl (C=O) groups excluding carboxylic acids is 2. The van der Waals surface area contributed by atoms with Gasteiger partial charge >= 0.3 is 0 Å². The van der Waals surface area contributed by atoms with Crippen LogP contribution in [0, 0.1) is 0 Å². The van der Waals surface area contributed by atoms with Crippen LogP contribution in [0.4, 0.5) is 5.69 Å². The highest BCUT2D eigenvalue weighted by molar-refractivity contribution is 6.08. The fraction of sp³-hybridized carbons (Fsp3) is 0.333. The lowest BCUT2D eigenvalue weighted by atomic mass is 9.94. The van der Waals surface area contributed by atoms with Crippen molar-refractivity contribution in [3.8, 4) is 11.5 Å². The maximum Gasteiger partial charge on any atom is 0.294 e. The highest BCUT2D eigenvalue weighted by Gasteiger charge is 2.36. The van der Waals surface area contributed by atoms with Crippen LogP contribution in [0.25, 0.3) is 0 Å². The minimum absolute atomic E-state index is 0.0958. The number of rotatable bonds is 8. The van der Waals surface area contributed by atoms with Crippen molar-refractivity contribution in [3.05, 3.63) is 78.3 Å². The van der Waals surface area contributed by atoms with Crippen molar-refractivity contribution in [2.24, 2.45) is 0 Å². The monoisotopic (exact) mass is 462 g/mol. The van der Waals surface area contributed by atoms with Gasteiger partial charge in [-0.3, -0.25) is 14.5 Å². The zero-order valence-corrected chi connectivity index (χ0v) is 19.5. The van der Waals surface area contributed by atoms with Crippen LogP contribution in [0.1, 0.15) is 54.3 Å².